The molecule has 8 heteroatoms. The van der Waals surface area contributed by atoms with Gasteiger partial charge in [0.25, 0.3) is 6.04 Å². The van der Waals surface area contributed by atoms with E-state index in [0.29, 0.717) is 23.4 Å². The topological polar surface area (TPSA) is 52.4 Å². The van der Waals surface area contributed by atoms with Crippen molar-refractivity contribution in [1.29, 1.82) is 0 Å². The van der Waals surface area contributed by atoms with Gasteiger partial charge in [-0.15, -0.1) is 0 Å². The molecule has 2 atom stereocenters. The Kier molecular flexibility index (Phi) is 4.01. The van der Waals surface area contributed by atoms with Crippen LogP contribution in [0.4, 0.5) is 13.2 Å². The molecule has 0 aromatic heterocycles. The summed E-state index contributed by atoms with van der Waals surface area (Å²) in [5.41, 5.74) is 0.208. The number of rotatable bonds is 2. The molecule has 120 valence electrons. The Labute approximate surface area is 137 Å². The lowest BCUT2D eigenvalue weighted by atomic mass is 9.92. The van der Waals surface area contributed by atoms with Crippen LogP contribution in [0, 0.1) is 27.6 Å². The van der Waals surface area contributed by atoms with Gasteiger partial charge in [0.15, 0.2) is 17.7 Å². The van der Waals surface area contributed by atoms with E-state index in [1.807, 2.05) is 0 Å². The minimum Gasteiger partial charge on any atom is -0.478 e. The maximum absolute atomic E-state index is 14.0. The van der Waals surface area contributed by atoms with Crippen molar-refractivity contribution in [2.75, 3.05) is 0 Å². The van der Waals surface area contributed by atoms with Gasteiger partial charge in [-0.05, 0) is 24.3 Å². The molecule has 23 heavy (non-hydrogen) atoms. The average Bonchev–Trinajstić information content (AvgIpc) is 2.49. The van der Waals surface area contributed by atoms with Gasteiger partial charge in [-0.25, -0.2) is 13.2 Å². The van der Waals surface area contributed by atoms with Crippen molar-refractivity contribution >= 4 is 15.9 Å². The molecule has 3 rings (SSSR count). The van der Waals surface area contributed by atoms with Crippen LogP contribution >= 0.6 is 15.9 Å². The van der Waals surface area contributed by atoms with E-state index in [4.69, 9.17) is 4.74 Å². The van der Waals surface area contributed by atoms with Crippen molar-refractivity contribution < 1.29 is 22.8 Å². The van der Waals surface area contributed by atoms with Crippen molar-refractivity contribution in [1.82, 2.24) is 0 Å². The lowest BCUT2D eigenvalue weighted by Gasteiger charge is -2.29. The Morgan fingerprint density at radius 2 is 1.83 bits per heavy atom. The second-order valence-corrected chi connectivity index (χ2v) is 6.05. The van der Waals surface area contributed by atoms with Crippen LogP contribution in [0.25, 0.3) is 0 Å². The quantitative estimate of drug-likeness (QED) is 0.441. The van der Waals surface area contributed by atoms with E-state index in [0.717, 1.165) is 4.47 Å². The van der Waals surface area contributed by atoms with Crippen LogP contribution in [0.5, 0.6) is 5.75 Å². The van der Waals surface area contributed by atoms with Crippen LogP contribution in [0.1, 0.15) is 17.2 Å². The Hall–Kier alpha value is -2.09. The van der Waals surface area contributed by atoms with Gasteiger partial charge in [-0.2, -0.15) is 0 Å². The summed E-state index contributed by atoms with van der Waals surface area (Å²) in [6.45, 7) is 0. The average molecular weight is 388 g/mol. The molecule has 0 spiro atoms. The van der Waals surface area contributed by atoms with E-state index < -0.39 is 34.5 Å². The monoisotopic (exact) mass is 387 g/mol. The molecule has 1 heterocycles. The third-order valence-corrected chi connectivity index (χ3v) is 4.17. The number of hydrogen-bond acceptors (Lipinski definition) is 3. The summed E-state index contributed by atoms with van der Waals surface area (Å²) in [5.74, 6) is -3.38. The van der Waals surface area contributed by atoms with Gasteiger partial charge in [0.05, 0.1) is 0 Å². The second kappa shape index (κ2) is 5.84. The Morgan fingerprint density at radius 1 is 1.13 bits per heavy atom. The van der Waals surface area contributed by atoms with Crippen LogP contribution in [0.15, 0.2) is 34.8 Å². The highest BCUT2D eigenvalue weighted by atomic mass is 79.9. The first kappa shape index (κ1) is 15.8. The SMILES string of the molecule is O=[N+]([O-])C1Cc2cc(Br)ccc2OC1c1cc(F)c(F)cc1F. The third-order valence-electron chi connectivity index (χ3n) is 3.67. The predicted molar refractivity (Wildman–Crippen MR) is 78.3 cm³/mol. The molecule has 1 aliphatic rings. The zero-order valence-electron chi connectivity index (χ0n) is 11.4. The molecule has 0 saturated heterocycles. The first-order valence-electron chi connectivity index (χ1n) is 6.60. The molecule has 2 unspecified atom stereocenters. The van der Waals surface area contributed by atoms with Gasteiger partial charge < -0.3 is 4.74 Å². The molecule has 0 bridgehead atoms. The summed E-state index contributed by atoms with van der Waals surface area (Å²) < 4.78 is 46.7. The largest absolute Gasteiger partial charge is 0.478 e. The van der Waals surface area contributed by atoms with Gasteiger partial charge in [0.2, 0.25) is 0 Å². The highest BCUT2D eigenvalue weighted by molar-refractivity contribution is 9.10. The van der Waals surface area contributed by atoms with E-state index in [9.17, 15) is 23.3 Å². The molecule has 2 aromatic rings. The maximum atomic E-state index is 14.0. The van der Waals surface area contributed by atoms with Crippen molar-refractivity contribution in [3.8, 4) is 5.75 Å². The number of hydrogen-bond donors (Lipinski definition) is 0. The zero-order chi connectivity index (χ0) is 16.7. The number of benzene rings is 2. The lowest BCUT2D eigenvalue weighted by molar-refractivity contribution is -0.535. The summed E-state index contributed by atoms with van der Waals surface area (Å²) in [5, 5.41) is 11.3. The number of fused-ring (bicyclic) bond motifs is 1. The molecule has 0 radical (unpaired) electrons. The van der Waals surface area contributed by atoms with Crippen molar-refractivity contribution in [3.63, 3.8) is 0 Å². The molecular formula is C15H9BrF3NO3. The van der Waals surface area contributed by atoms with Gasteiger partial charge in [-0.3, -0.25) is 10.1 Å². The number of nitrogens with zero attached hydrogens (tertiary/aromatic N) is 1. The molecule has 0 fully saturated rings. The van der Waals surface area contributed by atoms with Crippen molar-refractivity contribution in [2.45, 2.75) is 18.6 Å². The fourth-order valence-corrected chi connectivity index (χ4v) is 2.99. The van der Waals surface area contributed by atoms with E-state index in [1.165, 1.54) is 0 Å². The smallest absolute Gasteiger partial charge is 0.257 e. The van der Waals surface area contributed by atoms with Gasteiger partial charge in [0, 0.05) is 33.0 Å². The Bertz CT molecular complexity index is 800. The Balaban J connectivity index is 2.08. The van der Waals surface area contributed by atoms with Crippen LogP contribution < -0.4 is 4.74 Å². The summed E-state index contributed by atoms with van der Waals surface area (Å²) in [4.78, 5) is 10.7. The van der Waals surface area contributed by atoms with Gasteiger partial charge in [-0.1, -0.05) is 15.9 Å². The minimum absolute atomic E-state index is 0.00905. The molecule has 0 N–H and O–H groups in total. The summed E-state index contributed by atoms with van der Waals surface area (Å²) in [6, 6.07) is 4.59. The van der Waals surface area contributed by atoms with Crippen molar-refractivity contribution in [2.24, 2.45) is 0 Å². The lowest BCUT2D eigenvalue weighted by Crippen LogP contribution is -2.37. The van der Waals surface area contributed by atoms with E-state index in [2.05, 4.69) is 15.9 Å². The highest BCUT2D eigenvalue weighted by Gasteiger charge is 2.41. The molecule has 0 saturated carbocycles. The number of halogens is 4. The molecule has 1 aliphatic heterocycles. The van der Waals surface area contributed by atoms with Crippen LogP contribution in [0.2, 0.25) is 0 Å². The molecular weight excluding hydrogens is 379 g/mol. The standard InChI is InChI=1S/C15H9BrF3NO3/c16-8-1-2-14-7(3-8)4-13(20(21)22)15(23-14)9-5-11(18)12(19)6-10(9)17/h1-3,5-6,13,15H,4H2. The fraction of sp³-hybridized carbons (Fsp3) is 0.200. The molecule has 0 amide bonds. The van der Waals surface area contributed by atoms with E-state index in [-0.39, 0.29) is 12.0 Å². The minimum atomic E-state index is -1.36. The predicted octanol–water partition coefficient (Wildman–Crippen LogP) is 4.19. The Morgan fingerprint density at radius 3 is 2.52 bits per heavy atom. The number of ether oxygens (including phenoxy) is 1. The third kappa shape index (κ3) is 2.90. The van der Waals surface area contributed by atoms with Crippen LogP contribution in [-0.2, 0) is 6.42 Å². The van der Waals surface area contributed by atoms with E-state index in [1.54, 1.807) is 18.2 Å². The zero-order valence-corrected chi connectivity index (χ0v) is 13.0. The first-order valence-corrected chi connectivity index (χ1v) is 7.39. The normalized spacial score (nSPS) is 19.8. The number of nitro groups is 1. The molecule has 2 aromatic carbocycles. The highest BCUT2D eigenvalue weighted by Crippen LogP contribution is 2.38. The maximum Gasteiger partial charge on any atom is 0.257 e. The second-order valence-electron chi connectivity index (χ2n) is 5.14. The van der Waals surface area contributed by atoms with E-state index >= 15 is 0 Å². The van der Waals surface area contributed by atoms with Crippen molar-refractivity contribution in [3.05, 3.63) is 73.5 Å². The first-order chi connectivity index (χ1) is 10.9. The van der Waals surface area contributed by atoms with Gasteiger partial charge >= 0.3 is 0 Å². The molecule has 4 nitrogen and oxygen atoms in total. The summed E-state index contributed by atoms with van der Waals surface area (Å²) in [6.07, 6.45) is -1.35. The summed E-state index contributed by atoms with van der Waals surface area (Å²) in [7, 11) is 0. The van der Waals surface area contributed by atoms with Crippen LogP contribution in [-0.4, -0.2) is 11.0 Å². The van der Waals surface area contributed by atoms with Crippen LogP contribution in [0.3, 0.4) is 0 Å². The summed E-state index contributed by atoms with van der Waals surface area (Å²) >= 11 is 3.26. The van der Waals surface area contributed by atoms with Gasteiger partial charge in [0.1, 0.15) is 11.6 Å². The molecule has 0 aliphatic carbocycles. The fourth-order valence-electron chi connectivity index (χ4n) is 2.58.